The zero-order chi connectivity index (χ0) is 22.3. The largest absolute Gasteiger partial charge is 0.459 e. The summed E-state index contributed by atoms with van der Waals surface area (Å²) in [5, 5.41) is 3.38. The number of guanidine groups is 1. The maximum Gasteiger partial charge on any atom is 0.289 e. The zero-order valence-corrected chi connectivity index (χ0v) is 21.8. The number of furan rings is 1. The number of aliphatic imine (C=N–C) groups is 1. The molecule has 2 aromatic rings. The maximum absolute atomic E-state index is 12.5. The molecule has 8 heteroatoms. The first-order chi connectivity index (χ1) is 14.9. The average Bonchev–Trinajstić information content (AvgIpc) is 3.30. The molecule has 7 nitrogen and oxygen atoms in total. The molecule has 2 heterocycles. The molecule has 1 N–H and O–H groups in total. The Balaban J connectivity index is 0.00000363. The van der Waals surface area contributed by atoms with Gasteiger partial charge >= 0.3 is 0 Å². The lowest BCUT2D eigenvalue weighted by molar-refractivity contribution is -0.0149. The van der Waals surface area contributed by atoms with Gasteiger partial charge in [0, 0.05) is 32.7 Å². The van der Waals surface area contributed by atoms with E-state index in [1.165, 1.54) is 6.26 Å². The lowest BCUT2D eigenvalue weighted by atomic mass is 10.1. The highest BCUT2D eigenvalue weighted by molar-refractivity contribution is 14.0. The second kappa shape index (κ2) is 12.2. The Morgan fingerprint density at radius 2 is 1.78 bits per heavy atom. The number of piperazine rings is 1. The molecule has 1 aliphatic heterocycles. The molecule has 0 bridgehead atoms. The molecule has 3 rings (SSSR count). The van der Waals surface area contributed by atoms with Gasteiger partial charge in [-0.1, -0.05) is 24.3 Å². The third-order valence-electron chi connectivity index (χ3n) is 5.01. The summed E-state index contributed by atoms with van der Waals surface area (Å²) in [6.07, 6.45) is 1.53. The van der Waals surface area contributed by atoms with Crippen LogP contribution in [0.15, 0.2) is 52.1 Å². The standard InChI is InChI=1S/C24H34N4O3.HI/c1-5-25-23(26-17-19-8-6-9-20(16-19)18-31-24(2,3)4)28-13-11-27(12-14-28)22(29)21-10-7-15-30-21;/h6-10,15-16H,5,11-14,17-18H2,1-4H3,(H,25,26);1H. The number of carbonyl (C=O) groups is 1. The Morgan fingerprint density at radius 1 is 1.09 bits per heavy atom. The topological polar surface area (TPSA) is 70.3 Å². The van der Waals surface area contributed by atoms with Crippen LogP contribution in [-0.4, -0.2) is 60.0 Å². The van der Waals surface area contributed by atoms with Gasteiger partial charge in [-0.3, -0.25) is 4.79 Å². The zero-order valence-electron chi connectivity index (χ0n) is 19.5. The summed E-state index contributed by atoms with van der Waals surface area (Å²) in [4.78, 5) is 21.4. The fourth-order valence-corrected chi connectivity index (χ4v) is 3.39. The van der Waals surface area contributed by atoms with E-state index in [4.69, 9.17) is 14.1 Å². The minimum absolute atomic E-state index is 0. The molecule has 1 fully saturated rings. The summed E-state index contributed by atoms with van der Waals surface area (Å²) in [5.74, 6) is 1.22. The van der Waals surface area contributed by atoms with E-state index in [9.17, 15) is 4.79 Å². The van der Waals surface area contributed by atoms with Crippen molar-refractivity contribution in [3.8, 4) is 0 Å². The summed E-state index contributed by atoms with van der Waals surface area (Å²) in [6, 6.07) is 11.8. The molecule has 32 heavy (non-hydrogen) atoms. The van der Waals surface area contributed by atoms with Crippen LogP contribution < -0.4 is 5.32 Å². The van der Waals surface area contributed by atoms with Gasteiger partial charge in [0.05, 0.1) is 25.0 Å². The highest BCUT2D eigenvalue weighted by Crippen LogP contribution is 2.14. The molecular formula is C24H35IN4O3. The molecule has 1 aromatic carbocycles. The molecule has 1 aliphatic rings. The summed E-state index contributed by atoms with van der Waals surface area (Å²) in [5.41, 5.74) is 2.14. The van der Waals surface area contributed by atoms with E-state index in [2.05, 4.69) is 62.2 Å². The number of halogens is 1. The van der Waals surface area contributed by atoms with Crippen molar-refractivity contribution in [3.63, 3.8) is 0 Å². The summed E-state index contributed by atoms with van der Waals surface area (Å²) >= 11 is 0. The molecule has 0 atom stereocenters. The molecule has 1 saturated heterocycles. The maximum atomic E-state index is 12.5. The van der Waals surface area contributed by atoms with E-state index in [0.717, 1.165) is 36.7 Å². The number of amides is 1. The lowest BCUT2D eigenvalue weighted by Gasteiger charge is -2.36. The van der Waals surface area contributed by atoms with Crippen LogP contribution >= 0.6 is 24.0 Å². The van der Waals surface area contributed by atoms with Crippen LogP contribution in [0.4, 0.5) is 0 Å². The fourth-order valence-electron chi connectivity index (χ4n) is 3.39. The Morgan fingerprint density at radius 3 is 2.41 bits per heavy atom. The minimum atomic E-state index is -0.160. The Hall–Kier alpha value is -2.07. The molecule has 1 aromatic heterocycles. The number of nitrogens with one attached hydrogen (secondary N) is 1. The van der Waals surface area contributed by atoms with Gasteiger partial charge in [-0.25, -0.2) is 4.99 Å². The molecule has 0 unspecified atom stereocenters. The first-order valence-corrected chi connectivity index (χ1v) is 10.9. The van der Waals surface area contributed by atoms with Gasteiger partial charge in [-0.05, 0) is 51.0 Å². The molecular weight excluding hydrogens is 519 g/mol. The summed E-state index contributed by atoms with van der Waals surface area (Å²) in [6.45, 7) is 13.0. The van der Waals surface area contributed by atoms with Gasteiger partial charge in [0.2, 0.25) is 0 Å². The second-order valence-corrected chi connectivity index (χ2v) is 8.65. The van der Waals surface area contributed by atoms with E-state index in [1.54, 1.807) is 12.1 Å². The van der Waals surface area contributed by atoms with Crippen molar-refractivity contribution >= 4 is 35.8 Å². The molecule has 176 valence electrons. The quantitative estimate of drug-likeness (QED) is 0.331. The second-order valence-electron chi connectivity index (χ2n) is 8.65. The Labute approximate surface area is 208 Å². The van der Waals surface area contributed by atoms with Crippen molar-refractivity contribution in [2.24, 2.45) is 4.99 Å². The van der Waals surface area contributed by atoms with Crippen molar-refractivity contribution in [1.29, 1.82) is 0 Å². The predicted octanol–water partition coefficient (Wildman–Crippen LogP) is 4.14. The smallest absolute Gasteiger partial charge is 0.289 e. The van der Waals surface area contributed by atoms with Gasteiger partial charge in [0.25, 0.3) is 5.91 Å². The lowest BCUT2D eigenvalue weighted by Crippen LogP contribution is -2.53. The molecule has 0 aliphatic carbocycles. The van der Waals surface area contributed by atoms with Crippen molar-refractivity contribution in [2.45, 2.75) is 46.4 Å². The van der Waals surface area contributed by atoms with E-state index in [1.807, 2.05) is 4.90 Å². The van der Waals surface area contributed by atoms with Gasteiger partial charge in [0.1, 0.15) is 0 Å². The number of ether oxygens (including phenoxy) is 1. The first kappa shape index (κ1) is 26.2. The number of hydrogen-bond acceptors (Lipinski definition) is 4. The van der Waals surface area contributed by atoms with Crippen LogP contribution in [0.2, 0.25) is 0 Å². The van der Waals surface area contributed by atoms with Crippen LogP contribution in [0.1, 0.15) is 49.4 Å². The average molecular weight is 554 g/mol. The number of carbonyl (C=O) groups excluding carboxylic acids is 1. The predicted molar refractivity (Wildman–Crippen MR) is 137 cm³/mol. The van der Waals surface area contributed by atoms with E-state index >= 15 is 0 Å². The van der Waals surface area contributed by atoms with Crippen LogP contribution in [0.25, 0.3) is 0 Å². The molecule has 1 amide bonds. The number of rotatable bonds is 6. The third-order valence-corrected chi connectivity index (χ3v) is 5.01. The number of hydrogen-bond donors (Lipinski definition) is 1. The van der Waals surface area contributed by atoms with Crippen molar-refractivity contribution in [1.82, 2.24) is 15.1 Å². The van der Waals surface area contributed by atoms with Gasteiger partial charge in [-0.15, -0.1) is 24.0 Å². The molecule has 0 radical (unpaired) electrons. The monoisotopic (exact) mass is 554 g/mol. The van der Waals surface area contributed by atoms with Crippen LogP contribution in [0, 0.1) is 0 Å². The van der Waals surface area contributed by atoms with Crippen LogP contribution in [-0.2, 0) is 17.9 Å². The Bertz CT molecular complexity index is 870. The fraction of sp³-hybridized carbons (Fsp3) is 0.500. The van der Waals surface area contributed by atoms with E-state index in [-0.39, 0.29) is 35.5 Å². The molecule has 0 saturated carbocycles. The number of nitrogens with zero attached hydrogens (tertiary/aromatic N) is 3. The van der Waals surface area contributed by atoms with Gasteiger partial charge in [-0.2, -0.15) is 0 Å². The minimum Gasteiger partial charge on any atom is -0.459 e. The highest BCUT2D eigenvalue weighted by Gasteiger charge is 2.25. The van der Waals surface area contributed by atoms with Gasteiger partial charge < -0.3 is 24.3 Å². The third kappa shape index (κ3) is 7.81. The van der Waals surface area contributed by atoms with Crippen molar-refractivity contribution < 1.29 is 13.9 Å². The number of benzene rings is 1. The first-order valence-electron chi connectivity index (χ1n) is 10.9. The van der Waals surface area contributed by atoms with E-state index in [0.29, 0.717) is 32.0 Å². The van der Waals surface area contributed by atoms with Crippen LogP contribution in [0.3, 0.4) is 0 Å². The molecule has 0 spiro atoms. The summed E-state index contributed by atoms with van der Waals surface area (Å²) < 4.78 is 11.1. The van der Waals surface area contributed by atoms with E-state index < -0.39 is 0 Å². The van der Waals surface area contributed by atoms with Crippen molar-refractivity contribution in [2.75, 3.05) is 32.7 Å². The Kier molecular flexibility index (Phi) is 10.0. The van der Waals surface area contributed by atoms with Gasteiger partial charge in [0.15, 0.2) is 11.7 Å². The normalized spacial score (nSPS) is 14.8. The summed E-state index contributed by atoms with van der Waals surface area (Å²) in [7, 11) is 0. The SMILES string of the molecule is CCNC(=NCc1cccc(COC(C)(C)C)c1)N1CCN(C(=O)c2ccco2)CC1.I. The van der Waals surface area contributed by atoms with Crippen molar-refractivity contribution in [3.05, 3.63) is 59.5 Å². The highest BCUT2D eigenvalue weighted by atomic mass is 127. The van der Waals surface area contributed by atoms with Crippen LogP contribution in [0.5, 0.6) is 0 Å².